The Kier molecular flexibility index (Phi) is 7.38. The van der Waals surface area contributed by atoms with Gasteiger partial charge in [0.1, 0.15) is 24.0 Å². The first kappa shape index (κ1) is 30.6. The average Bonchev–Trinajstić information content (AvgIpc) is 3.56. The topological polar surface area (TPSA) is 146 Å². The number of hydrogen-bond donors (Lipinski definition) is 3. The van der Waals surface area contributed by atoms with E-state index in [-0.39, 0.29) is 58.0 Å². The Labute approximate surface area is 268 Å². The molecule has 11 nitrogen and oxygen atoms in total. The summed E-state index contributed by atoms with van der Waals surface area (Å²) in [5, 5.41) is 21.7. The van der Waals surface area contributed by atoms with Crippen molar-refractivity contribution in [3.63, 3.8) is 0 Å². The van der Waals surface area contributed by atoms with E-state index in [2.05, 4.69) is 15.5 Å². The minimum absolute atomic E-state index is 0.0268. The second-order valence-corrected chi connectivity index (χ2v) is 13.2. The number of nitrogens with one attached hydrogen (secondary N) is 1. The van der Waals surface area contributed by atoms with Crippen LogP contribution in [0.2, 0.25) is 0 Å². The molecule has 7 rings (SSSR count). The van der Waals surface area contributed by atoms with Gasteiger partial charge in [0, 0.05) is 23.1 Å². The van der Waals surface area contributed by atoms with E-state index in [1.54, 1.807) is 30.5 Å². The molecule has 4 N–H and O–H groups in total. The van der Waals surface area contributed by atoms with Gasteiger partial charge in [0.25, 0.3) is 11.8 Å². The van der Waals surface area contributed by atoms with Gasteiger partial charge in [-0.3, -0.25) is 9.59 Å². The lowest BCUT2D eigenvalue weighted by molar-refractivity contribution is -0.0848. The lowest BCUT2D eigenvalue weighted by atomic mass is 9.53. The lowest BCUT2D eigenvalue weighted by Crippen LogP contribution is -2.58. The highest BCUT2D eigenvalue weighted by Crippen LogP contribution is 2.57. The van der Waals surface area contributed by atoms with Crippen LogP contribution in [-0.4, -0.2) is 60.7 Å². The Hall–Kier alpha value is -5.04. The summed E-state index contributed by atoms with van der Waals surface area (Å²) in [6, 6.07) is 19.6. The van der Waals surface area contributed by atoms with E-state index in [1.165, 1.54) is 12.1 Å². The number of rotatable bonds is 10. The number of nitrogens with two attached hydrogens (primary N) is 1. The van der Waals surface area contributed by atoms with Crippen molar-refractivity contribution in [2.24, 2.45) is 11.1 Å². The predicted molar refractivity (Wildman–Crippen MR) is 168 cm³/mol. The number of halogens is 2. The zero-order chi connectivity index (χ0) is 33.1. The van der Waals surface area contributed by atoms with Crippen LogP contribution >= 0.6 is 0 Å². The summed E-state index contributed by atoms with van der Waals surface area (Å²) in [4.78, 5) is 25.7. The quantitative estimate of drug-likeness (QED) is 0.191. The molecular weight excluding hydrogens is 610 g/mol. The zero-order valence-corrected chi connectivity index (χ0v) is 25.8. The van der Waals surface area contributed by atoms with Crippen LogP contribution in [-0.2, 0) is 0 Å². The maximum atomic E-state index is 13.8. The molecular formula is C34H34F2N6O5. The number of benzene rings is 2. The molecule has 3 heterocycles. The molecule has 13 heteroatoms. The third-order valence-corrected chi connectivity index (χ3v) is 8.91. The van der Waals surface area contributed by atoms with Gasteiger partial charge in [0.15, 0.2) is 5.69 Å². The van der Waals surface area contributed by atoms with E-state index in [1.807, 2.05) is 42.5 Å². The van der Waals surface area contributed by atoms with Gasteiger partial charge < -0.3 is 25.6 Å². The smallest absolute Gasteiger partial charge is 0.333 e. The lowest BCUT2D eigenvalue weighted by Gasteiger charge is -2.57. The van der Waals surface area contributed by atoms with E-state index in [0.29, 0.717) is 35.9 Å². The van der Waals surface area contributed by atoms with Crippen molar-refractivity contribution >= 4 is 28.2 Å². The highest BCUT2D eigenvalue weighted by molar-refractivity contribution is 6.05. The molecule has 5 aromatic rings. The average molecular weight is 645 g/mol. The third kappa shape index (κ3) is 5.75. The number of pyridine rings is 1. The van der Waals surface area contributed by atoms with E-state index in [0.717, 1.165) is 11.3 Å². The molecule has 0 unspecified atom stereocenters. The van der Waals surface area contributed by atoms with Crippen LogP contribution in [0, 0.1) is 5.41 Å². The molecule has 2 amide bonds. The van der Waals surface area contributed by atoms with Crippen molar-refractivity contribution in [2.75, 3.05) is 6.61 Å². The first-order chi connectivity index (χ1) is 22.4. The summed E-state index contributed by atoms with van der Waals surface area (Å²) in [6.45, 7) is 0.142. The number of carbonyl (C=O) groups is 2. The SMILES string of the molecule is CC(C)(O)COc1ccc2c(C(=O)NC3CC4(C3)CC(Oc3nn5c(-c6ccccc6)cccc5c3C(N)=O)C4)nn(C(F)F)c2c1. The fraction of sp³-hybridized carbons (Fsp3) is 0.353. The number of ether oxygens (including phenoxy) is 2. The highest BCUT2D eigenvalue weighted by atomic mass is 19.3. The minimum atomic E-state index is -2.96. The second-order valence-electron chi connectivity index (χ2n) is 13.2. The van der Waals surface area contributed by atoms with Crippen molar-refractivity contribution in [1.29, 1.82) is 0 Å². The van der Waals surface area contributed by atoms with Crippen LogP contribution < -0.4 is 20.5 Å². The third-order valence-electron chi connectivity index (χ3n) is 8.91. The van der Waals surface area contributed by atoms with Crippen molar-refractivity contribution in [1.82, 2.24) is 24.7 Å². The number of hydrogen-bond acceptors (Lipinski definition) is 7. The number of amides is 2. The molecule has 2 aromatic carbocycles. The molecule has 244 valence electrons. The van der Waals surface area contributed by atoms with E-state index < -0.39 is 24.0 Å². The molecule has 1 spiro atoms. The highest BCUT2D eigenvalue weighted by Gasteiger charge is 2.54. The number of aromatic nitrogens is 4. The normalized spacial score (nSPS) is 20.7. The molecule has 2 fully saturated rings. The number of alkyl halides is 2. The number of carbonyl (C=O) groups excluding carboxylic acids is 2. The summed E-state index contributed by atoms with van der Waals surface area (Å²) >= 11 is 0. The van der Waals surface area contributed by atoms with E-state index >= 15 is 0 Å². The zero-order valence-electron chi connectivity index (χ0n) is 25.8. The van der Waals surface area contributed by atoms with Crippen molar-refractivity contribution in [3.8, 4) is 22.9 Å². The van der Waals surface area contributed by atoms with Crippen LogP contribution in [0.1, 0.15) is 66.9 Å². The Morgan fingerprint density at radius 3 is 2.47 bits per heavy atom. The largest absolute Gasteiger partial charge is 0.491 e. The predicted octanol–water partition coefficient (Wildman–Crippen LogP) is 5.11. The fourth-order valence-electron chi connectivity index (χ4n) is 6.80. The molecule has 2 aliphatic carbocycles. The van der Waals surface area contributed by atoms with Gasteiger partial charge in [-0.1, -0.05) is 36.4 Å². The molecule has 0 aliphatic heterocycles. The van der Waals surface area contributed by atoms with E-state index in [9.17, 15) is 23.5 Å². The van der Waals surface area contributed by atoms with Gasteiger partial charge in [-0.2, -0.15) is 13.9 Å². The summed E-state index contributed by atoms with van der Waals surface area (Å²) in [7, 11) is 0. The number of primary amides is 1. The van der Waals surface area contributed by atoms with Gasteiger partial charge in [-0.15, -0.1) is 5.10 Å². The molecule has 0 saturated heterocycles. The first-order valence-corrected chi connectivity index (χ1v) is 15.4. The Morgan fingerprint density at radius 2 is 1.79 bits per heavy atom. The number of nitrogens with zero attached hydrogens (tertiary/aromatic N) is 4. The van der Waals surface area contributed by atoms with E-state index in [4.69, 9.17) is 15.2 Å². The number of fused-ring (bicyclic) bond motifs is 2. The van der Waals surface area contributed by atoms with Crippen LogP contribution in [0.4, 0.5) is 8.78 Å². The van der Waals surface area contributed by atoms with Gasteiger partial charge >= 0.3 is 6.55 Å². The van der Waals surface area contributed by atoms with Gasteiger partial charge in [-0.05, 0) is 69.2 Å². The standard InChI is InChI=1S/C34H34F2N6O5/c1-33(2,45)18-46-21-11-12-23-26(13-21)42(32(35)36)39-28(23)30(44)38-20-14-34(15-20)16-22(17-34)47-31-27(29(37)43)25-10-6-9-24(41(25)40-31)19-7-4-3-5-8-19/h3-13,20,22,32,45H,14-18H2,1-2H3,(H2,37,43)(H,38,44). The van der Waals surface area contributed by atoms with Crippen LogP contribution in [0.5, 0.6) is 11.6 Å². The maximum Gasteiger partial charge on any atom is 0.333 e. The Morgan fingerprint density at radius 1 is 1.04 bits per heavy atom. The molecule has 47 heavy (non-hydrogen) atoms. The van der Waals surface area contributed by atoms with Crippen LogP contribution in [0.3, 0.4) is 0 Å². The minimum Gasteiger partial charge on any atom is -0.491 e. The summed E-state index contributed by atoms with van der Waals surface area (Å²) in [5.41, 5.74) is 7.12. The molecule has 2 aliphatic rings. The summed E-state index contributed by atoms with van der Waals surface area (Å²) < 4.78 is 41.6. The Balaban J connectivity index is 1.00. The van der Waals surface area contributed by atoms with Crippen molar-refractivity contribution < 1.29 is 33.0 Å². The fourth-order valence-corrected chi connectivity index (χ4v) is 6.80. The molecule has 3 aromatic heterocycles. The summed E-state index contributed by atoms with van der Waals surface area (Å²) in [6.07, 6.45) is 2.66. The monoisotopic (exact) mass is 644 g/mol. The molecule has 0 radical (unpaired) electrons. The van der Waals surface area contributed by atoms with Gasteiger partial charge in [-0.25, -0.2) is 9.20 Å². The maximum absolute atomic E-state index is 13.8. The van der Waals surface area contributed by atoms with Crippen molar-refractivity contribution in [2.45, 2.75) is 63.8 Å². The Bertz CT molecular complexity index is 1990. The van der Waals surface area contributed by atoms with Crippen molar-refractivity contribution in [3.05, 3.63) is 78.0 Å². The second kappa shape index (κ2) is 11.3. The first-order valence-electron chi connectivity index (χ1n) is 15.4. The van der Waals surface area contributed by atoms with Gasteiger partial charge in [0.05, 0.1) is 22.3 Å². The molecule has 0 bridgehead atoms. The molecule has 2 saturated carbocycles. The van der Waals surface area contributed by atoms with Crippen LogP contribution in [0.25, 0.3) is 27.7 Å². The van der Waals surface area contributed by atoms with Gasteiger partial charge in [0.2, 0.25) is 5.88 Å². The molecule has 0 atom stereocenters. The summed E-state index contributed by atoms with van der Waals surface area (Å²) in [5.74, 6) is -0.684. The number of aliphatic hydroxyl groups is 1. The van der Waals surface area contributed by atoms with Crippen LogP contribution in [0.15, 0.2) is 66.7 Å².